The van der Waals surface area contributed by atoms with Gasteiger partial charge in [0.15, 0.2) is 0 Å². The summed E-state index contributed by atoms with van der Waals surface area (Å²) in [4.78, 5) is 25.0. The summed E-state index contributed by atoms with van der Waals surface area (Å²) in [5.41, 5.74) is -0.0883. The molecule has 1 aliphatic rings. The summed E-state index contributed by atoms with van der Waals surface area (Å²) in [6.07, 6.45) is 0. The number of hydrogen-bond acceptors (Lipinski definition) is 3. The van der Waals surface area contributed by atoms with Crippen LogP contribution >= 0.6 is 15.9 Å². The number of hydrogen-bond donors (Lipinski definition) is 1. The van der Waals surface area contributed by atoms with Crippen molar-refractivity contribution in [2.24, 2.45) is 0 Å². The standard InChI is InChI=1S/C13H14BrFN2O2/c1-13(2)12(19)16-11(18)7-17(13)6-8-3-9(14)5-10(15)4-8/h3-5H,6-7H2,1-2H3,(H,16,18,19). The lowest BCUT2D eigenvalue weighted by atomic mass is 9.98. The third-order valence-electron chi connectivity index (χ3n) is 3.23. The number of rotatable bonds is 2. The summed E-state index contributed by atoms with van der Waals surface area (Å²) in [7, 11) is 0. The van der Waals surface area contributed by atoms with Crippen LogP contribution in [0.25, 0.3) is 0 Å². The van der Waals surface area contributed by atoms with E-state index in [9.17, 15) is 14.0 Å². The molecule has 1 saturated heterocycles. The van der Waals surface area contributed by atoms with E-state index in [0.717, 1.165) is 0 Å². The van der Waals surface area contributed by atoms with Gasteiger partial charge in [0.2, 0.25) is 11.8 Å². The molecule has 0 bridgehead atoms. The quantitative estimate of drug-likeness (QED) is 0.842. The fraction of sp³-hybridized carbons (Fsp3) is 0.385. The number of carbonyl (C=O) groups excluding carboxylic acids is 2. The molecule has 0 aromatic heterocycles. The molecule has 1 N–H and O–H groups in total. The zero-order valence-electron chi connectivity index (χ0n) is 10.7. The van der Waals surface area contributed by atoms with Gasteiger partial charge in [-0.3, -0.25) is 19.8 Å². The van der Waals surface area contributed by atoms with Crippen LogP contribution in [0, 0.1) is 5.82 Å². The molecule has 0 saturated carbocycles. The van der Waals surface area contributed by atoms with Crippen LogP contribution in [0.3, 0.4) is 0 Å². The second-order valence-electron chi connectivity index (χ2n) is 5.07. The topological polar surface area (TPSA) is 49.4 Å². The van der Waals surface area contributed by atoms with E-state index in [0.29, 0.717) is 16.6 Å². The third kappa shape index (κ3) is 3.01. The Hall–Kier alpha value is -1.27. The number of benzene rings is 1. The second-order valence-corrected chi connectivity index (χ2v) is 5.99. The van der Waals surface area contributed by atoms with Crippen LogP contribution in [0.4, 0.5) is 4.39 Å². The fourth-order valence-electron chi connectivity index (χ4n) is 2.01. The maximum absolute atomic E-state index is 13.3. The Kier molecular flexibility index (Phi) is 3.73. The molecule has 0 atom stereocenters. The number of nitrogens with one attached hydrogen (secondary N) is 1. The first-order valence-electron chi connectivity index (χ1n) is 5.83. The molecule has 0 aliphatic carbocycles. The van der Waals surface area contributed by atoms with Gasteiger partial charge in [0.1, 0.15) is 5.82 Å². The van der Waals surface area contributed by atoms with Gasteiger partial charge in [-0.2, -0.15) is 0 Å². The Balaban J connectivity index is 2.25. The molecule has 2 amide bonds. The van der Waals surface area contributed by atoms with Crippen molar-refractivity contribution in [2.45, 2.75) is 25.9 Å². The number of nitrogens with zero attached hydrogens (tertiary/aromatic N) is 1. The number of halogens is 2. The van der Waals surface area contributed by atoms with Crippen LogP contribution in [0.2, 0.25) is 0 Å². The molecule has 1 aromatic rings. The van der Waals surface area contributed by atoms with Crippen molar-refractivity contribution in [3.8, 4) is 0 Å². The van der Waals surface area contributed by atoms with Crippen molar-refractivity contribution >= 4 is 27.7 Å². The molecule has 1 aromatic carbocycles. The van der Waals surface area contributed by atoms with Gasteiger partial charge in [-0.25, -0.2) is 4.39 Å². The molecule has 1 fully saturated rings. The van der Waals surface area contributed by atoms with Crippen molar-refractivity contribution in [1.82, 2.24) is 10.2 Å². The summed E-state index contributed by atoms with van der Waals surface area (Å²) in [6.45, 7) is 3.93. The molecule has 0 radical (unpaired) electrons. The molecule has 6 heteroatoms. The van der Waals surface area contributed by atoms with Gasteiger partial charge in [0.05, 0.1) is 12.1 Å². The second kappa shape index (κ2) is 5.02. The Bertz CT molecular complexity index is 525. The predicted octanol–water partition coefficient (Wildman–Crippen LogP) is 1.83. The highest BCUT2D eigenvalue weighted by Crippen LogP contribution is 2.23. The van der Waals surface area contributed by atoms with Gasteiger partial charge < -0.3 is 0 Å². The summed E-state index contributed by atoms with van der Waals surface area (Å²) >= 11 is 3.23. The molecule has 4 nitrogen and oxygen atoms in total. The van der Waals surface area contributed by atoms with Gasteiger partial charge in [-0.05, 0) is 37.6 Å². The first-order valence-corrected chi connectivity index (χ1v) is 6.62. The van der Waals surface area contributed by atoms with Gasteiger partial charge in [0.25, 0.3) is 0 Å². The highest BCUT2D eigenvalue weighted by molar-refractivity contribution is 9.10. The molecular formula is C13H14BrFN2O2. The van der Waals surface area contributed by atoms with E-state index >= 15 is 0 Å². The maximum Gasteiger partial charge on any atom is 0.246 e. The van der Waals surface area contributed by atoms with Gasteiger partial charge in [0, 0.05) is 11.0 Å². The van der Waals surface area contributed by atoms with Crippen LogP contribution < -0.4 is 5.32 Å². The van der Waals surface area contributed by atoms with E-state index in [-0.39, 0.29) is 24.2 Å². The number of carbonyl (C=O) groups is 2. The minimum atomic E-state index is -0.799. The third-order valence-corrected chi connectivity index (χ3v) is 3.69. The van der Waals surface area contributed by atoms with E-state index in [1.54, 1.807) is 24.8 Å². The average molecular weight is 329 g/mol. The van der Waals surface area contributed by atoms with Crippen molar-refractivity contribution in [3.63, 3.8) is 0 Å². The Morgan fingerprint density at radius 2 is 2.05 bits per heavy atom. The predicted molar refractivity (Wildman–Crippen MR) is 71.7 cm³/mol. The molecule has 102 valence electrons. The summed E-state index contributed by atoms with van der Waals surface area (Å²) < 4.78 is 14.0. The van der Waals surface area contributed by atoms with E-state index in [1.165, 1.54) is 12.1 Å². The normalized spacial score (nSPS) is 19.4. The molecule has 19 heavy (non-hydrogen) atoms. The van der Waals surface area contributed by atoms with E-state index in [2.05, 4.69) is 21.2 Å². The first-order chi connectivity index (χ1) is 8.79. The first kappa shape index (κ1) is 14.1. The van der Waals surface area contributed by atoms with Crippen LogP contribution in [0.1, 0.15) is 19.4 Å². The van der Waals surface area contributed by atoms with Crippen LogP contribution in [-0.4, -0.2) is 28.8 Å². The van der Waals surface area contributed by atoms with Crippen LogP contribution in [0.15, 0.2) is 22.7 Å². The minimum Gasteiger partial charge on any atom is -0.294 e. The monoisotopic (exact) mass is 328 g/mol. The summed E-state index contributed by atoms with van der Waals surface area (Å²) in [5, 5.41) is 2.31. The van der Waals surface area contributed by atoms with Gasteiger partial charge >= 0.3 is 0 Å². The lowest BCUT2D eigenvalue weighted by molar-refractivity contribution is -0.145. The van der Waals surface area contributed by atoms with Gasteiger partial charge in [-0.15, -0.1) is 0 Å². The average Bonchev–Trinajstić information content (AvgIpc) is 2.24. The highest BCUT2D eigenvalue weighted by Gasteiger charge is 2.40. The van der Waals surface area contributed by atoms with Crippen molar-refractivity contribution in [1.29, 1.82) is 0 Å². The number of amides is 2. The SMILES string of the molecule is CC1(C)C(=O)NC(=O)CN1Cc1cc(F)cc(Br)c1. The molecule has 2 rings (SSSR count). The highest BCUT2D eigenvalue weighted by atomic mass is 79.9. The lowest BCUT2D eigenvalue weighted by Crippen LogP contribution is -2.63. The largest absolute Gasteiger partial charge is 0.294 e. The molecule has 0 spiro atoms. The minimum absolute atomic E-state index is 0.118. The van der Waals surface area contributed by atoms with Crippen molar-refractivity contribution in [3.05, 3.63) is 34.1 Å². The van der Waals surface area contributed by atoms with E-state index < -0.39 is 5.54 Å². The van der Waals surface area contributed by atoms with Crippen molar-refractivity contribution in [2.75, 3.05) is 6.54 Å². The van der Waals surface area contributed by atoms with Gasteiger partial charge in [-0.1, -0.05) is 15.9 Å². The smallest absolute Gasteiger partial charge is 0.246 e. The zero-order chi connectivity index (χ0) is 14.2. The van der Waals surface area contributed by atoms with Crippen molar-refractivity contribution < 1.29 is 14.0 Å². The molecule has 0 unspecified atom stereocenters. The van der Waals surface area contributed by atoms with E-state index in [1.807, 2.05) is 0 Å². The Morgan fingerprint density at radius 3 is 2.68 bits per heavy atom. The lowest BCUT2D eigenvalue weighted by Gasteiger charge is -2.40. The van der Waals surface area contributed by atoms with E-state index in [4.69, 9.17) is 0 Å². The summed E-state index contributed by atoms with van der Waals surface area (Å²) in [5.74, 6) is -1.02. The Labute approximate surface area is 119 Å². The summed E-state index contributed by atoms with van der Waals surface area (Å²) in [6, 6.07) is 4.54. The molecule has 1 aliphatic heterocycles. The maximum atomic E-state index is 13.3. The van der Waals surface area contributed by atoms with Crippen LogP contribution in [-0.2, 0) is 16.1 Å². The molecule has 1 heterocycles. The number of piperazine rings is 1. The fourth-order valence-corrected chi connectivity index (χ4v) is 2.52. The molecular weight excluding hydrogens is 315 g/mol. The zero-order valence-corrected chi connectivity index (χ0v) is 12.3. The van der Waals surface area contributed by atoms with Crippen LogP contribution in [0.5, 0.6) is 0 Å². The Morgan fingerprint density at radius 1 is 1.37 bits per heavy atom. The number of imide groups is 1.